The Hall–Kier alpha value is -1.35. The molecule has 104 valence electrons. The minimum Gasteiger partial charge on any atom is -0.461 e. The molecule has 0 radical (unpaired) electrons. The lowest BCUT2D eigenvalue weighted by Crippen LogP contribution is -2.34. The van der Waals surface area contributed by atoms with Crippen LogP contribution in [-0.4, -0.2) is 31.0 Å². The Bertz CT molecular complexity index is 394. The van der Waals surface area contributed by atoms with Crippen molar-refractivity contribution in [3.8, 4) is 0 Å². The topological polar surface area (TPSA) is 29.5 Å². The zero-order chi connectivity index (χ0) is 13.7. The van der Waals surface area contributed by atoms with Crippen LogP contribution in [-0.2, 0) is 16.1 Å². The van der Waals surface area contributed by atoms with Crippen molar-refractivity contribution in [2.45, 2.75) is 38.3 Å². The third-order valence-corrected chi connectivity index (χ3v) is 3.98. The lowest BCUT2D eigenvalue weighted by molar-refractivity contribution is -0.151. The highest BCUT2D eigenvalue weighted by atomic mass is 16.5. The van der Waals surface area contributed by atoms with Crippen LogP contribution in [0.1, 0.15) is 31.2 Å². The van der Waals surface area contributed by atoms with Crippen LogP contribution < -0.4 is 0 Å². The lowest BCUT2D eigenvalue weighted by atomic mass is 9.85. The van der Waals surface area contributed by atoms with E-state index in [0.717, 1.165) is 31.2 Å². The van der Waals surface area contributed by atoms with Gasteiger partial charge in [-0.1, -0.05) is 30.3 Å². The van der Waals surface area contributed by atoms with E-state index in [1.807, 2.05) is 30.3 Å². The second kappa shape index (κ2) is 6.71. The SMILES string of the molecule is CN(C)[C@H]1CC[C@@H](C(=O)OCc2ccccc2)CC1. The Balaban J connectivity index is 1.76. The molecule has 0 aromatic heterocycles. The van der Waals surface area contributed by atoms with Gasteiger partial charge in [0.25, 0.3) is 0 Å². The molecule has 0 atom stereocenters. The molecule has 1 saturated carbocycles. The summed E-state index contributed by atoms with van der Waals surface area (Å²) in [5.41, 5.74) is 1.05. The third-order valence-electron chi connectivity index (χ3n) is 3.98. The largest absolute Gasteiger partial charge is 0.461 e. The van der Waals surface area contributed by atoms with Crippen LogP contribution in [0.5, 0.6) is 0 Å². The Morgan fingerprint density at radius 2 is 1.79 bits per heavy atom. The number of rotatable bonds is 4. The summed E-state index contributed by atoms with van der Waals surface area (Å²) < 4.78 is 5.41. The van der Waals surface area contributed by atoms with Gasteiger partial charge in [0.1, 0.15) is 6.61 Å². The fourth-order valence-corrected chi connectivity index (χ4v) is 2.67. The number of hydrogen-bond acceptors (Lipinski definition) is 3. The van der Waals surface area contributed by atoms with Crippen molar-refractivity contribution >= 4 is 5.97 Å². The van der Waals surface area contributed by atoms with E-state index in [9.17, 15) is 4.79 Å². The summed E-state index contributed by atoms with van der Waals surface area (Å²) in [7, 11) is 4.22. The van der Waals surface area contributed by atoms with Crippen molar-refractivity contribution in [1.82, 2.24) is 4.90 Å². The number of carbonyl (C=O) groups is 1. The monoisotopic (exact) mass is 261 g/mol. The van der Waals surface area contributed by atoms with Gasteiger partial charge < -0.3 is 9.64 Å². The normalized spacial score (nSPS) is 23.3. The first-order valence-electron chi connectivity index (χ1n) is 7.04. The van der Waals surface area contributed by atoms with Crippen molar-refractivity contribution < 1.29 is 9.53 Å². The second-order valence-electron chi connectivity index (χ2n) is 5.56. The van der Waals surface area contributed by atoms with Gasteiger partial charge >= 0.3 is 5.97 Å². The molecule has 1 fully saturated rings. The Morgan fingerprint density at radius 3 is 2.37 bits per heavy atom. The summed E-state index contributed by atoms with van der Waals surface area (Å²) in [6.07, 6.45) is 4.10. The minimum atomic E-state index is -0.0268. The van der Waals surface area contributed by atoms with E-state index in [1.165, 1.54) is 0 Å². The molecule has 1 aliphatic rings. The highest BCUT2D eigenvalue weighted by molar-refractivity contribution is 5.72. The first kappa shape index (κ1) is 14.1. The van der Waals surface area contributed by atoms with Gasteiger partial charge in [0.15, 0.2) is 0 Å². The van der Waals surface area contributed by atoms with Gasteiger partial charge in [0.05, 0.1) is 5.92 Å². The summed E-state index contributed by atoms with van der Waals surface area (Å²) >= 11 is 0. The maximum atomic E-state index is 12.0. The van der Waals surface area contributed by atoms with Crippen molar-refractivity contribution in [3.05, 3.63) is 35.9 Å². The molecule has 3 nitrogen and oxygen atoms in total. The van der Waals surface area contributed by atoms with Gasteiger partial charge in [0, 0.05) is 6.04 Å². The first-order valence-corrected chi connectivity index (χ1v) is 7.04. The van der Waals surface area contributed by atoms with Gasteiger partial charge in [-0.15, -0.1) is 0 Å². The number of benzene rings is 1. The summed E-state index contributed by atoms with van der Waals surface area (Å²) in [5.74, 6) is 0.0703. The van der Waals surface area contributed by atoms with Crippen molar-refractivity contribution in [1.29, 1.82) is 0 Å². The maximum absolute atomic E-state index is 12.0. The number of esters is 1. The van der Waals surface area contributed by atoms with Gasteiger partial charge in [-0.25, -0.2) is 0 Å². The molecular weight excluding hydrogens is 238 g/mol. The van der Waals surface area contributed by atoms with E-state index in [-0.39, 0.29) is 11.9 Å². The Labute approximate surface area is 115 Å². The molecule has 0 aliphatic heterocycles. The standard InChI is InChI=1S/C16H23NO2/c1-17(2)15-10-8-14(9-11-15)16(18)19-12-13-6-4-3-5-7-13/h3-7,14-15H,8-12H2,1-2H3/t14-,15+. The summed E-state index contributed by atoms with van der Waals surface area (Å²) in [6, 6.07) is 10.5. The molecule has 0 heterocycles. The summed E-state index contributed by atoms with van der Waals surface area (Å²) in [6.45, 7) is 0.396. The van der Waals surface area contributed by atoms with Gasteiger partial charge in [-0.2, -0.15) is 0 Å². The molecule has 2 rings (SSSR count). The smallest absolute Gasteiger partial charge is 0.309 e. The molecule has 0 saturated heterocycles. The van der Waals surface area contributed by atoms with Crippen LogP contribution in [0.2, 0.25) is 0 Å². The fourth-order valence-electron chi connectivity index (χ4n) is 2.67. The second-order valence-corrected chi connectivity index (χ2v) is 5.56. The van der Waals surface area contributed by atoms with E-state index < -0.39 is 0 Å². The highest BCUT2D eigenvalue weighted by Crippen LogP contribution is 2.27. The summed E-state index contributed by atoms with van der Waals surface area (Å²) in [5, 5.41) is 0. The highest BCUT2D eigenvalue weighted by Gasteiger charge is 2.28. The van der Waals surface area contributed by atoms with E-state index in [2.05, 4.69) is 19.0 Å². The average molecular weight is 261 g/mol. The molecule has 1 aromatic rings. The van der Waals surface area contributed by atoms with E-state index in [0.29, 0.717) is 12.6 Å². The van der Waals surface area contributed by atoms with Crippen LogP contribution >= 0.6 is 0 Å². The predicted molar refractivity (Wildman–Crippen MR) is 75.7 cm³/mol. The van der Waals surface area contributed by atoms with E-state index >= 15 is 0 Å². The van der Waals surface area contributed by atoms with Crippen LogP contribution in [0.4, 0.5) is 0 Å². The van der Waals surface area contributed by atoms with Crippen LogP contribution in [0.15, 0.2) is 30.3 Å². The molecule has 3 heteroatoms. The maximum Gasteiger partial charge on any atom is 0.309 e. The van der Waals surface area contributed by atoms with E-state index in [4.69, 9.17) is 4.74 Å². The zero-order valence-electron chi connectivity index (χ0n) is 11.8. The predicted octanol–water partition coefficient (Wildman–Crippen LogP) is 2.85. The van der Waals surface area contributed by atoms with Crippen LogP contribution in [0, 0.1) is 5.92 Å². The number of carbonyl (C=O) groups excluding carboxylic acids is 1. The number of hydrogen-bond donors (Lipinski definition) is 0. The van der Waals surface area contributed by atoms with Gasteiger partial charge in [-0.3, -0.25) is 4.79 Å². The van der Waals surface area contributed by atoms with Crippen molar-refractivity contribution in [2.24, 2.45) is 5.92 Å². The minimum absolute atomic E-state index is 0.0268. The van der Waals surface area contributed by atoms with E-state index in [1.54, 1.807) is 0 Å². The molecule has 0 bridgehead atoms. The molecule has 0 unspecified atom stereocenters. The average Bonchev–Trinajstić information content (AvgIpc) is 2.46. The van der Waals surface area contributed by atoms with Crippen LogP contribution in [0.3, 0.4) is 0 Å². The number of ether oxygens (including phenoxy) is 1. The Kier molecular flexibility index (Phi) is 4.97. The molecule has 1 aliphatic carbocycles. The van der Waals surface area contributed by atoms with Gasteiger partial charge in [0.2, 0.25) is 0 Å². The van der Waals surface area contributed by atoms with Crippen LogP contribution in [0.25, 0.3) is 0 Å². The van der Waals surface area contributed by atoms with Gasteiger partial charge in [-0.05, 0) is 45.3 Å². The molecule has 0 amide bonds. The zero-order valence-corrected chi connectivity index (χ0v) is 11.8. The number of nitrogens with zero attached hydrogens (tertiary/aromatic N) is 1. The van der Waals surface area contributed by atoms with Crippen molar-refractivity contribution in [2.75, 3.05) is 14.1 Å². The molecular formula is C16H23NO2. The quantitative estimate of drug-likeness (QED) is 0.781. The third kappa shape index (κ3) is 4.06. The molecule has 19 heavy (non-hydrogen) atoms. The first-order chi connectivity index (χ1) is 9.16. The Morgan fingerprint density at radius 1 is 1.16 bits per heavy atom. The molecule has 0 spiro atoms. The fraction of sp³-hybridized carbons (Fsp3) is 0.562. The molecule has 1 aromatic carbocycles. The molecule has 0 N–H and O–H groups in total. The van der Waals surface area contributed by atoms with Crippen molar-refractivity contribution in [3.63, 3.8) is 0 Å². The summed E-state index contributed by atoms with van der Waals surface area (Å²) in [4.78, 5) is 14.3. The lowest BCUT2D eigenvalue weighted by Gasteiger charge is -2.31.